The molecule has 1 aliphatic heterocycles. The van der Waals surface area contributed by atoms with Crippen molar-refractivity contribution in [1.29, 1.82) is 0 Å². The minimum absolute atomic E-state index is 0.0120. The van der Waals surface area contributed by atoms with Crippen LogP contribution in [0.25, 0.3) is 0 Å². The fourth-order valence-electron chi connectivity index (χ4n) is 5.44. The van der Waals surface area contributed by atoms with Gasteiger partial charge in [0.15, 0.2) is 15.6 Å². The molecule has 0 radical (unpaired) electrons. The summed E-state index contributed by atoms with van der Waals surface area (Å²) in [6.07, 6.45) is -1.30. The molecule has 1 fully saturated rings. The molecule has 7 nitrogen and oxygen atoms in total. The van der Waals surface area contributed by atoms with Crippen LogP contribution in [0.1, 0.15) is 80.1 Å². The number of alkyl halides is 3. The van der Waals surface area contributed by atoms with Crippen molar-refractivity contribution in [2.45, 2.75) is 76.7 Å². The summed E-state index contributed by atoms with van der Waals surface area (Å²) in [5.41, 5.74) is 1.45. The number of carbonyl (C=O) groups is 1. The predicted octanol–water partition coefficient (Wildman–Crippen LogP) is 5.28. The molecule has 1 amide bonds. The summed E-state index contributed by atoms with van der Waals surface area (Å²) < 4.78 is 68.9. The predicted molar refractivity (Wildman–Crippen MR) is 131 cm³/mol. The lowest BCUT2D eigenvalue weighted by Crippen LogP contribution is -2.35. The number of carbonyl (C=O) groups excluding carboxylic acids is 1. The van der Waals surface area contributed by atoms with Crippen LogP contribution in [0, 0.1) is 17.8 Å². The van der Waals surface area contributed by atoms with E-state index in [1.165, 1.54) is 12.3 Å². The van der Waals surface area contributed by atoms with Crippen LogP contribution >= 0.6 is 0 Å². The molecule has 0 aromatic carbocycles. The van der Waals surface area contributed by atoms with Crippen LogP contribution in [-0.4, -0.2) is 42.7 Å². The second kappa shape index (κ2) is 10.8. The lowest BCUT2D eigenvalue weighted by Gasteiger charge is -2.35. The Bertz CT molecular complexity index is 1200. The standard InChI is InChI=1S/C26H34F3N3O4S/c1-4-37(34,35)21-10-9-20(30-13-21)12-31-25(33)22-11-18-15-32(23(16(2)3)24(18)36-22)14-17-5-7-19(8-6-17)26(27,28)29/h9-11,13,16-17,19,23H,4-8,12,14-15H2,1-3H3,(H,31,33)/t17-,19-,23-/m0/s1. The van der Waals surface area contributed by atoms with E-state index in [1.807, 2.05) is 0 Å². The highest BCUT2D eigenvalue weighted by atomic mass is 32.2. The van der Waals surface area contributed by atoms with Crippen molar-refractivity contribution in [3.8, 4) is 0 Å². The van der Waals surface area contributed by atoms with Gasteiger partial charge in [-0.2, -0.15) is 13.2 Å². The van der Waals surface area contributed by atoms with Crippen molar-refractivity contribution in [3.63, 3.8) is 0 Å². The first-order chi connectivity index (χ1) is 17.4. The third kappa shape index (κ3) is 6.19. The van der Waals surface area contributed by atoms with Crippen LogP contribution in [0.4, 0.5) is 13.2 Å². The minimum Gasteiger partial charge on any atom is -0.454 e. The molecule has 3 heterocycles. The van der Waals surface area contributed by atoms with Crippen LogP contribution < -0.4 is 5.32 Å². The molecule has 37 heavy (non-hydrogen) atoms. The summed E-state index contributed by atoms with van der Waals surface area (Å²) in [5, 5.41) is 2.76. The zero-order valence-electron chi connectivity index (χ0n) is 21.3. The molecule has 2 aromatic heterocycles. The van der Waals surface area contributed by atoms with E-state index in [0.29, 0.717) is 31.6 Å². The van der Waals surface area contributed by atoms with Gasteiger partial charge in [0.2, 0.25) is 0 Å². The molecule has 11 heteroatoms. The number of pyridine rings is 1. The summed E-state index contributed by atoms with van der Waals surface area (Å²) in [4.78, 5) is 19.3. The molecule has 0 saturated heterocycles. The van der Waals surface area contributed by atoms with Gasteiger partial charge in [0.1, 0.15) is 5.76 Å². The Kier molecular flexibility index (Phi) is 8.04. The van der Waals surface area contributed by atoms with Gasteiger partial charge in [0, 0.05) is 24.8 Å². The number of aromatic nitrogens is 1. The van der Waals surface area contributed by atoms with Crippen molar-refractivity contribution in [2.75, 3.05) is 12.3 Å². The smallest absolute Gasteiger partial charge is 0.391 e. The second-order valence-corrected chi connectivity index (χ2v) is 12.7. The Morgan fingerprint density at radius 2 is 1.92 bits per heavy atom. The number of rotatable bonds is 8. The van der Waals surface area contributed by atoms with Gasteiger partial charge in [-0.15, -0.1) is 0 Å². The van der Waals surface area contributed by atoms with E-state index in [-0.39, 0.29) is 59.6 Å². The van der Waals surface area contributed by atoms with Gasteiger partial charge in [-0.05, 0) is 55.7 Å². The Labute approximate surface area is 215 Å². The van der Waals surface area contributed by atoms with E-state index in [0.717, 1.165) is 11.3 Å². The first-order valence-corrected chi connectivity index (χ1v) is 14.4. The lowest BCUT2D eigenvalue weighted by atomic mass is 9.81. The van der Waals surface area contributed by atoms with E-state index < -0.39 is 21.9 Å². The normalized spacial score (nSPS) is 22.8. The van der Waals surface area contributed by atoms with Crippen LogP contribution in [-0.2, 0) is 22.9 Å². The third-order valence-electron chi connectivity index (χ3n) is 7.50. The molecular weight excluding hydrogens is 507 g/mol. The first kappa shape index (κ1) is 27.6. The second-order valence-electron chi connectivity index (χ2n) is 10.4. The molecule has 4 rings (SSSR count). The van der Waals surface area contributed by atoms with Crippen LogP contribution in [0.3, 0.4) is 0 Å². The molecule has 0 unspecified atom stereocenters. The molecule has 1 N–H and O–H groups in total. The highest BCUT2D eigenvalue weighted by Gasteiger charge is 2.43. The average Bonchev–Trinajstić information content (AvgIpc) is 3.40. The van der Waals surface area contributed by atoms with Gasteiger partial charge >= 0.3 is 6.18 Å². The molecular formula is C26H34F3N3O4S. The molecule has 204 valence electrons. The number of hydrogen-bond donors (Lipinski definition) is 1. The highest BCUT2D eigenvalue weighted by Crippen LogP contribution is 2.44. The van der Waals surface area contributed by atoms with E-state index in [9.17, 15) is 26.4 Å². The number of amides is 1. The third-order valence-corrected chi connectivity index (χ3v) is 9.22. The van der Waals surface area contributed by atoms with Crippen molar-refractivity contribution in [2.24, 2.45) is 17.8 Å². The van der Waals surface area contributed by atoms with Gasteiger partial charge in [0.05, 0.1) is 34.8 Å². The maximum atomic E-state index is 13.0. The SMILES string of the molecule is CCS(=O)(=O)c1ccc(CNC(=O)c2cc3c(o2)[C@H](C(C)C)N(C[C@H]2CC[C@H](C(F)(F)F)CC2)C3)nc1. The van der Waals surface area contributed by atoms with E-state index >= 15 is 0 Å². The maximum absolute atomic E-state index is 13.0. The van der Waals surface area contributed by atoms with Gasteiger partial charge in [-0.3, -0.25) is 14.7 Å². The van der Waals surface area contributed by atoms with Gasteiger partial charge in [-0.25, -0.2) is 8.42 Å². The molecule has 0 bridgehead atoms. The zero-order chi connectivity index (χ0) is 27.0. The number of fused-ring (bicyclic) bond motifs is 1. The van der Waals surface area contributed by atoms with Crippen LogP contribution in [0.15, 0.2) is 33.7 Å². The molecule has 1 aliphatic carbocycles. The lowest BCUT2D eigenvalue weighted by molar-refractivity contribution is -0.184. The Hall–Kier alpha value is -2.40. The fraction of sp³-hybridized carbons (Fsp3) is 0.615. The zero-order valence-corrected chi connectivity index (χ0v) is 22.2. The first-order valence-electron chi connectivity index (χ1n) is 12.8. The number of halogens is 3. The highest BCUT2D eigenvalue weighted by molar-refractivity contribution is 7.91. The summed E-state index contributed by atoms with van der Waals surface area (Å²) in [5.74, 6) is -0.212. The molecule has 2 aromatic rings. The van der Waals surface area contributed by atoms with Crippen molar-refractivity contribution in [3.05, 3.63) is 47.2 Å². The Morgan fingerprint density at radius 1 is 1.22 bits per heavy atom. The average molecular weight is 542 g/mol. The summed E-state index contributed by atoms with van der Waals surface area (Å²) in [6, 6.07) is 4.75. The molecule has 1 atom stereocenters. The fourth-order valence-corrected chi connectivity index (χ4v) is 6.26. The van der Waals surface area contributed by atoms with E-state index in [4.69, 9.17) is 4.42 Å². The topological polar surface area (TPSA) is 92.5 Å². The number of furan rings is 1. The summed E-state index contributed by atoms with van der Waals surface area (Å²) in [7, 11) is -3.34. The van der Waals surface area contributed by atoms with Crippen molar-refractivity contribution < 1.29 is 30.8 Å². The summed E-state index contributed by atoms with van der Waals surface area (Å²) in [6.45, 7) is 7.15. The molecule has 1 saturated carbocycles. The number of sulfone groups is 1. The van der Waals surface area contributed by atoms with Gasteiger partial charge < -0.3 is 9.73 Å². The van der Waals surface area contributed by atoms with E-state index in [1.54, 1.807) is 19.1 Å². The monoisotopic (exact) mass is 541 g/mol. The number of nitrogens with one attached hydrogen (secondary N) is 1. The van der Waals surface area contributed by atoms with E-state index in [2.05, 4.69) is 29.0 Å². The van der Waals surface area contributed by atoms with Crippen molar-refractivity contribution in [1.82, 2.24) is 15.2 Å². The number of nitrogens with zero attached hydrogens (tertiary/aromatic N) is 2. The van der Waals surface area contributed by atoms with Gasteiger partial charge in [-0.1, -0.05) is 20.8 Å². The Morgan fingerprint density at radius 3 is 2.49 bits per heavy atom. The van der Waals surface area contributed by atoms with Crippen LogP contribution in [0.5, 0.6) is 0 Å². The minimum atomic E-state index is -4.10. The molecule has 2 aliphatic rings. The summed E-state index contributed by atoms with van der Waals surface area (Å²) >= 11 is 0. The Balaban J connectivity index is 1.36. The largest absolute Gasteiger partial charge is 0.454 e. The quantitative estimate of drug-likeness (QED) is 0.489. The van der Waals surface area contributed by atoms with Gasteiger partial charge in [0.25, 0.3) is 5.91 Å². The van der Waals surface area contributed by atoms with Crippen LogP contribution in [0.2, 0.25) is 0 Å². The maximum Gasteiger partial charge on any atom is 0.391 e. The number of hydrogen-bond acceptors (Lipinski definition) is 6. The van der Waals surface area contributed by atoms with Crippen molar-refractivity contribution >= 4 is 15.7 Å². The molecule has 0 spiro atoms.